The van der Waals surface area contributed by atoms with Crippen molar-refractivity contribution in [1.82, 2.24) is 0 Å². The Morgan fingerprint density at radius 2 is 1.90 bits per heavy atom. The van der Waals surface area contributed by atoms with E-state index in [0.29, 0.717) is 30.6 Å². The van der Waals surface area contributed by atoms with Crippen LogP contribution < -0.4 is 5.32 Å². The van der Waals surface area contributed by atoms with Gasteiger partial charge in [-0.2, -0.15) is 0 Å². The van der Waals surface area contributed by atoms with Crippen LogP contribution in [0.3, 0.4) is 0 Å². The van der Waals surface area contributed by atoms with Gasteiger partial charge in [-0.05, 0) is 62.5 Å². The zero-order valence-electron chi connectivity index (χ0n) is 18.1. The molecule has 1 aliphatic carbocycles. The average Bonchev–Trinajstić information content (AvgIpc) is 2.96. The third-order valence-electron chi connectivity index (χ3n) is 8.01. The highest BCUT2D eigenvalue weighted by atomic mass is 17.3. The second-order valence-electron chi connectivity index (χ2n) is 9.90. The van der Waals surface area contributed by atoms with Crippen molar-refractivity contribution in [3.05, 3.63) is 30.3 Å². The normalized spacial score (nSPS) is 44.8. The molecule has 1 amide bonds. The molecule has 6 nitrogen and oxygen atoms in total. The molecule has 1 aromatic carbocycles. The van der Waals surface area contributed by atoms with Crippen LogP contribution in [0.2, 0.25) is 0 Å². The van der Waals surface area contributed by atoms with Crippen LogP contribution in [0, 0.1) is 23.7 Å². The van der Waals surface area contributed by atoms with Gasteiger partial charge in [0.25, 0.3) is 0 Å². The van der Waals surface area contributed by atoms with E-state index in [0.717, 1.165) is 24.9 Å². The Kier molecular flexibility index (Phi) is 5.17. The molecular weight excluding hydrogens is 382 g/mol. The minimum Gasteiger partial charge on any atom is -0.346 e. The van der Waals surface area contributed by atoms with E-state index in [1.165, 1.54) is 6.42 Å². The Labute approximate surface area is 178 Å². The number of anilines is 1. The maximum atomic E-state index is 12.5. The monoisotopic (exact) mass is 415 g/mol. The van der Waals surface area contributed by atoms with Crippen molar-refractivity contribution in [2.75, 3.05) is 5.32 Å². The largest absolute Gasteiger partial charge is 0.346 e. The minimum absolute atomic E-state index is 0.0160. The molecule has 1 saturated carbocycles. The molecule has 6 rings (SSSR count). The van der Waals surface area contributed by atoms with E-state index in [1.807, 2.05) is 37.3 Å². The van der Waals surface area contributed by atoms with Crippen LogP contribution in [0.15, 0.2) is 30.3 Å². The summed E-state index contributed by atoms with van der Waals surface area (Å²) in [6.45, 7) is 6.51. The molecule has 4 saturated heterocycles. The Morgan fingerprint density at radius 3 is 2.70 bits per heavy atom. The van der Waals surface area contributed by atoms with E-state index in [4.69, 9.17) is 19.2 Å². The first-order valence-electron chi connectivity index (χ1n) is 11.5. The van der Waals surface area contributed by atoms with Gasteiger partial charge in [0.05, 0.1) is 6.10 Å². The molecule has 1 spiro atoms. The predicted molar refractivity (Wildman–Crippen MR) is 111 cm³/mol. The van der Waals surface area contributed by atoms with Crippen molar-refractivity contribution in [3.8, 4) is 0 Å². The summed E-state index contributed by atoms with van der Waals surface area (Å²) in [7, 11) is 0. The number of fused-ring (bicyclic) bond motifs is 2. The van der Waals surface area contributed by atoms with Crippen LogP contribution in [-0.4, -0.2) is 29.7 Å². The van der Waals surface area contributed by atoms with Crippen molar-refractivity contribution in [2.24, 2.45) is 23.7 Å². The lowest BCUT2D eigenvalue weighted by Crippen LogP contribution is -2.70. The maximum Gasteiger partial charge on any atom is 0.224 e. The molecule has 30 heavy (non-hydrogen) atoms. The van der Waals surface area contributed by atoms with Gasteiger partial charge in [0.2, 0.25) is 11.7 Å². The number of nitrogens with one attached hydrogen (secondary N) is 1. The van der Waals surface area contributed by atoms with Gasteiger partial charge in [-0.3, -0.25) is 4.79 Å². The second kappa shape index (κ2) is 7.59. The first-order valence-corrected chi connectivity index (χ1v) is 11.5. The van der Waals surface area contributed by atoms with Crippen molar-refractivity contribution in [2.45, 2.75) is 83.1 Å². The number of para-hydroxylation sites is 1. The van der Waals surface area contributed by atoms with E-state index < -0.39 is 17.7 Å². The van der Waals surface area contributed by atoms with Crippen molar-refractivity contribution in [1.29, 1.82) is 0 Å². The molecule has 8 atom stereocenters. The fourth-order valence-electron chi connectivity index (χ4n) is 6.33. The van der Waals surface area contributed by atoms with Gasteiger partial charge in [0.15, 0.2) is 11.9 Å². The number of rotatable bonds is 4. The number of hydrogen-bond donors (Lipinski definition) is 1. The molecule has 0 aromatic heterocycles. The molecule has 164 valence electrons. The summed E-state index contributed by atoms with van der Waals surface area (Å²) >= 11 is 0. The molecule has 1 aromatic rings. The average molecular weight is 416 g/mol. The van der Waals surface area contributed by atoms with Crippen LogP contribution in [0.4, 0.5) is 5.69 Å². The molecule has 5 aliphatic rings. The molecule has 6 heteroatoms. The zero-order valence-corrected chi connectivity index (χ0v) is 18.1. The number of carbonyl (C=O) groups excluding carboxylic acids is 1. The Balaban J connectivity index is 1.32. The topological polar surface area (TPSA) is 66.0 Å². The van der Waals surface area contributed by atoms with Gasteiger partial charge < -0.3 is 14.8 Å². The van der Waals surface area contributed by atoms with Gasteiger partial charge in [-0.15, -0.1) is 0 Å². The Bertz CT molecular complexity index is 787. The number of amides is 1. The molecule has 0 radical (unpaired) electrons. The lowest BCUT2D eigenvalue weighted by molar-refractivity contribution is -0.571. The van der Waals surface area contributed by atoms with Gasteiger partial charge in [0.1, 0.15) is 0 Å². The number of hydrogen-bond acceptors (Lipinski definition) is 5. The highest BCUT2D eigenvalue weighted by molar-refractivity contribution is 5.90. The van der Waals surface area contributed by atoms with E-state index in [2.05, 4.69) is 19.2 Å². The fourth-order valence-corrected chi connectivity index (χ4v) is 6.33. The molecular formula is C24H33NO5. The van der Waals surface area contributed by atoms with E-state index >= 15 is 0 Å². The number of benzene rings is 1. The molecule has 2 bridgehead atoms. The van der Waals surface area contributed by atoms with Crippen LogP contribution in [-0.2, 0) is 24.0 Å². The Hall–Kier alpha value is -1.47. The SMILES string of the molecule is C[C@H]1[C@@H](CCC(=O)Nc2ccccc2)O[C@@H]2O[C@]3(C)CC[C@H]4[C@H](C)CC[C@@H]1[C@@]24OO3. The lowest BCUT2D eigenvalue weighted by atomic mass is 9.57. The van der Waals surface area contributed by atoms with Gasteiger partial charge in [0, 0.05) is 24.4 Å². The van der Waals surface area contributed by atoms with Crippen molar-refractivity contribution < 1.29 is 24.0 Å². The summed E-state index contributed by atoms with van der Waals surface area (Å²) in [6, 6.07) is 9.58. The van der Waals surface area contributed by atoms with Crippen LogP contribution >= 0.6 is 0 Å². The summed E-state index contributed by atoms with van der Waals surface area (Å²) in [5, 5.41) is 2.97. The van der Waals surface area contributed by atoms with E-state index in [-0.39, 0.29) is 17.9 Å². The summed E-state index contributed by atoms with van der Waals surface area (Å²) < 4.78 is 12.9. The summed E-state index contributed by atoms with van der Waals surface area (Å²) in [6.07, 6.45) is 4.74. The third kappa shape index (κ3) is 3.29. The first kappa shape index (κ1) is 20.4. The lowest BCUT2D eigenvalue weighted by Gasteiger charge is -2.60. The summed E-state index contributed by atoms with van der Waals surface area (Å²) in [5.41, 5.74) is 0.293. The van der Waals surface area contributed by atoms with Gasteiger partial charge in [-0.25, -0.2) is 9.78 Å². The quantitative estimate of drug-likeness (QED) is 0.725. The minimum atomic E-state index is -0.757. The molecule has 5 fully saturated rings. The van der Waals surface area contributed by atoms with Crippen molar-refractivity contribution in [3.63, 3.8) is 0 Å². The maximum absolute atomic E-state index is 12.5. The smallest absolute Gasteiger partial charge is 0.224 e. The fraction of sp³-hybridized carbons (Fsp3) is 0.708. The summed E-state index contributed by atoms with van der Waals surface area (Å²) in [4.78, 5) is 24.5. The predicted octanol–water partition coefficient (Wildman–Crippen LogP) is 4.66. The van der Waals surface area contributed by atoms with Crippen LogP contribution in [0.1, 0.15) is 59.3 Å². The molecule has 0 unspecified atom stereocenters. The van der Waals surface area contributed by atoms with Gasteiger partial charge in [-0.1, -0.05) is 32.0 Å². The van der Waals surface area contributed by atoms with Crippen LogP contribution in [0.25, 0.3) is 0 Å². The standard InChI is InChI=1S/C24H33NO5/c1-15-9-10-19-16(2)20(11-12-21(26)25-17-7-5-4-6-8-17)27-22-24(19)18(15)13-14-23(3,28-22)29-30-24/h4-8,15-16,18-20,22H,9-14H2,1-3H3,(H,25,26)/t15-,16-,18+,19+,20-,22-,23+,24-/m1/s1. The van der Waals surface area contributed by atoms with E-state index in [9.17, 15) is 4.79 Å². The highest BCUT2D eigenvalue weighted by Crippen LogP contribution is 2.60. The molecule has 1 N–H and O–H groups in total. The van der Waals surface area contributed by atoms with Crippen molar-refractivity contribution >= 4 is 11.6 Å². The zero-order chi connectivity index (χ0) is 20.9. The molecule has 4 aliphatic heterocycles. The number of carbonyl (C=O) groups is 1. The molecule has 4 heterocycles. The first-order chi connectivity index (χ1) is 14.4. The summed E-state index contributed by atoms with van der Waals surface area (Å²) in [5.74, 6) is 0.767. The van der Waals surface area contributed by atoms with E-state index in [1.54, 1.807) is 0 Å². The third-order valence-corrected chi connectivity index (χ3v) is 8.01. The highest BCUT2D eigenvalue weighted by Gasteiger charge is 2.69. The number of ether oxygens (including phenoxy) is 2. The van der Waals surface area contributed by atoms with Gasteiger partial charge >= 0.3 is 0 Å². The second-order valence-corrected chi connectivity index (χ2v) is 9.90. The van der Waals surface area contributed by atoms with Crippen LogP contribution in [0.5, 0.6) is 0 Å². The Morgan fingerprint density at radius 1 is 1.10 bits per heavy atom.